The number of ether oxygens (including phenoxy) is 1. The van der Waals surface area contributed by atoms with E-state index in [1.165, 1.54) is 6.26 Å². The van der Waals surface area contributed by atoms with Crippen LogP contribution in [-0.2, 0) is 11.3 Å². The number of piperidine rings is 1. The highest BCUT2D eigenvalue weighted by Crippen LogP contribution is 2.13. The van der Waals surface area contributed by atoms with Gasteiger partial charge in [-0.2, -0.15) is 0 Å². The molecule has 31 heavy (non-hydrogen) atoms. The van der Waals surface area contributed by atoms with E-state index in [2.05, 4.69) is 15.6 Å². The minimum Gasteiger partial charge on any atom is -0.459 e. The van der Waals surface area contributed by atoms with E-state index in [1.807, 2.05) is 12.1 Å². The van der Waals surface area contributed by atoms with Gasteiger partial charge in [0.15, 0.2) is 11.7 Å². The number of hydrogen-bond acceptors (Lipinski definition) is 5. The van der Waals surface area contributed by atoms with Crippen LogP contribution in [0.5, 0.6) is 0 Å². The Morgan fingerprint density at radius 2 is 1.94 bits per heavy atom. The lowest BCUT2D eigenvalue weighted by Crippen LogP contribution is -2.48. The molecule has 10 heteroatoms. The van der Waals surface area contributed by atoms with E-state index in [0.29, 0.717) is 37.9 Å². The Bertz CT molecular complexity index is 862. The second-order valence-corrected chi connectivity index (χ2v) is 6.93. The third-order valence-electron chi connectivity index (χ3n) is 4.76. The summed E-state index contributed by atoms with van der Waals surface area (Å²) in [4.78, 5) is 29.8. The number of benzene rings is 1. The van der Waals surface area contributed by atoms with Crippen LogP contribution in [0.3, 0.4) is 0 Å². The van der Waals surface area contributed by atoms with Crippen LogP contribution in [0.15, 0.2) is 52.1 Å². The van der Waals surface area contributed by atoms with E-state index in [9.17, 15) is 9.59 Å². The van der Waals surface area contributed by atoms with Gasteiger partial charge in [-0.1, -0.05) is 12.1 Å². The van der Waals surface area contributed by atoms with Gasteiger partial charge in [-0.25, -0.2) is 9.79 Å². The molecule has 0 aliphatic carbocycles. The topological polar surface area (TPSA) is 122 Å². The molecule has 2 amide bonds. The van der Waals surface area contributed by atoms with Crippen LogP contribution in [0, 0.1) is 0 Å². The molecule has 168 valence electrons. The Morgan fingerprint density at radius 1 is 1.23 bits per heavy atom. The standard InChI is InChI=1S/C21H27N5O4.HI/c1-2-29-21(28)26-11-9-17(10-12-26)25-20(22)23-14-15-5-7-16(8-6-15)24-19(27)18-4-3-13-30-18;/h3-8,13,17H,2,9-12,14H2,1H3,(H,24,27)(H3,22,23,25);1H. The molecule has 1 aromatic carbocycles. The first-order valence-corrected chi connectivity index (χ1v) is 9.97. The number of aliphatic imine (C=N–C) groups is 1. The number of nitrogens with two attached hydrogens (primary N) is 1. The Hall–Kier alpha value is -2.76. The van der Waals surface area contributed by atoms with Gasteiger partial charge in [0, 0.05) is 24.8 Å². The Labute approximate surface area is 198 Å². The number of guanidine groups is 1. The molecule has 9 nitrogen and oxygen atoms in total. The van der Waals surface area contributed by atoms with Gasteiger partial charge in [-0.05, 0) is 49.6 Å². The minimum atomic E-state index is -0.298. The average molecular weight is 541 g/mol. The zero-order valence-corrected chi connectivity index (χ0v) is 19.7. The number of carbonyl (C=O) groups is 2. The molecule has 1 saturated heterocycles. The van der Waals surface area contributed by atoms with Crippen molar-refractivity contribution in [3.8, 4) is 0 Å². The first-order valence-electron chi connectivity index (χ1n) is 9.97. The van der Waals surface area contributed by atoms with Gasteiger partial charge in [0.05, 0.1) is 19.4 Å². The molecule has 0 atom stereocenters. The van der Waals surface area contributed by atoms with Crippen LogP contribution in [0.2, 0.25) is 0 Å². The lowest BCUT2D eigenvalue weighted by atomic mass is 10.1. The van der Waals surface area contributed by atoms with Gasteiger partial charge in [0.2, 0.25) is 0 Å². The highest BCUT2D eigenvalue weighted by molar-refractivity contribution is 14.0. The smallest absolute Gasteiger partial charge is 0.409 e. The summed E-state index contributed by atoms with van der Waals surface area (Å²) in [5.74, 6) is 0.337. The van der Waals surface area contributed by atoms with Crippen molar-refractivity contribution in [2.75, 3.05) is 25.0 Å². The molecule has 2 aromatic rings. The second kappa shape index (κ2) is 12.2. The van der Waals surface area contributed by atoms with E-state index in [0.717, 1.165) is 18.4 Å². The SMILES string of the molecule is CCOC(=O)N1CCC(NC(N)=NCc2ccc(NC(=O)c3ccco3)cc2)CC1.I. The van der Waals surface area contributed by atoms with Crippen molar-refractivity contribution in [1.29, 1.82) is 0 Å². The maximum atomic E-state index is 12.0. The van der Waals surface area contributed by atoms with Crippen LogP contribution < -0.4 is 16.4 Å². The van der Waals surface area contributed by atoms with Crippen LogP contribution in [0.4, 0.5) is 10.5 Å². The fraction of sp³-hybridized carbons (Fsp3) is 0.381. The first-order chi connectivity index (χ1) is 14.5. The molecule has 0 bridgehead atoms. The number of carbonyl (C=O) groups excluding carboxylic acids is 2. The highest BCUT2D eigenvalue weighted by atomic mass is 127. The van der Waals surface area contributed by atoms with Crippen molar-refractivity contribution in [2.24, 2.45) is 10.7 Å². The van der Waals surface area contributed by atoms with Crippen molar-refractivity contribution >= 4 is 47.6 Å². The average Bonchev–Trinajstić information content (AvgIpc) is 3.29. The summed E-state index contributed by atoms with van der Waals surface area (Å²) in [7, 11) is 0. The summed E-state index contributed by atoms with van der Waals surface area (Å²) in [5.41, 5.74) is 7.65. The van der Waals surface area contributed by atoms with E-state index < -0.39 is 0 Å². The minimum absolute atomic E-state index is 0. The summed E-state index contributed by atoms with van der Waals surface area (Å²) < 4.78 is 10.1. The lowest BCUT2D eigenvalue weighted by molar-refractivity contribution is 0.0961. The fourth-order valence-corrected chi connectivity index (χ4v) is 3.15. The zero-order valence-electron chi connectivity index (χ0n) is 17.4. The normalized spacial score (nSPS) is 14.5. The third-order valence-corrected chi connectivity index (χ3v) is 4.76. The van der Waals surface area contributed by atoms with Crippen LogP contribution >= 0.6 is 24.0 Å². The molecule has 1 aromatic heterocycles. The molecule has 0 saturated carbocycles. The second-order valence-electron chi connectivity index (χ2n) is 6.93. The van der Waals surface area contributed by atoms with Crippen molar-refractivity contribution < 1.29 is 18.7 Å². The molecule has 2 heterocycles. The Kier molecular flexibility index (Phi) is 9.63. The summed E-state index contributed by atoms with van der Waals surface area (Å²) in [5, 5.41) is 5.98. The highest BCUT2D eigenvalue weighted by Gasteiger charge is 2.23. The molecule has 0 radical (unpaired) electrons. The first kappa shape index (κ1) is 24.5. The van der Waals surface area contributed by atoms with Gasteiger partial charge in [-0.15, -0.1) is 24.0 Å². The zero-order chi connectivity index (χ0) is 21.3. The van der Waals surface area contributed by atoms with Crippen LogP contribution in [-0.4, -0.2) is 48.6 Å². The number of rotatable bonds is 6. The molecule has 3 rings (SSSR count). The van der Waals surface area contributed by atoms with Gasteiger partial charge < -0.3 is 30.4 Å². The number of halogens is 1. The van der Waals surface area contributed by atoms with E-state index in [1.54, 1.807) is 36.1 Å². The predicted molar refractivity (Wildman–Crippen MR) is 129 cm³/mol. The molecular weight excluding hydrogens is 513 g/mol. The van der Waals surface area contributed by atoms with E-state index in [-0.39, 0.29) is 47.8 Å². The number of nitrogens with zero attached hydrogens (tertiary/aromatic N) is 2. The number of amides is 2. The predicted octanol–water partition coefficient (Wildman–Crippen LogP) is 3.18. The van der Waals surface area contributed by atoms with E-state index >= 15 is 0 Å². The molecular formula is C21H28IN5O4. The summed E-state index contributed by atoms with van der Waals surface area (Å²) >= 11 is 0. The third kappa shape index (κ3) is 7.46. The molecule has 0 spiro atoms. The largest absolute Gasteiger partial charge is 0.459 e. The van der Waals surface area contributed by atoms with Gasteiger partial charge in [0.1, 0.15) is 0 Å². The monoisotopic (exact) mass is 541 g/mol. The Morgan fingerprint density at radius 3 is 2.55 bits per heavy atom. The van der Waals surface area contributed by atoms with Gasteiger partial charge >= 0.3 is 6.09 Å². The number of hydrogen-bond donors (Lipinski definition) is 3. The number of furan rings is 1. The maximum Gasteiger partial charge on any atom is 0.409 e. The lowest BCUT2D eigenvalue weighted by Gasteiger charge is -2.31. The van der Waals surface area contributed by atoms with Crippen molar-refractivity contribution in [2.45, 2.75) is 32.4 Å². The summed E-state index contributed by atoms with van der Waals surface area (Å²) in [6, 6.07) is 10.8. The molecule has 1 fully saturated rings. The molecule has 1 aliphatic rings. The number of likely N-dealkylation sites (tertiary alicyclic amines) is 1. The van der Waals surface area contributed by atoms with Crippen molar-refractivity contribution in [3.05, 3.63) is 54.0 Å². The van der Waals surface area contributed by atoms with Crippen LogP contribution in [0.25, 0.3) is 0 Å². The maximum absolute atomic E-state index is 12.0. The number of anilines is 1. The summed E-state index contributed by atoms with van der Waals surface area (Å²) in [6.07, 6.45) is 2.78. The van der Waals surface area contributed by atoms with Crippen LogP contribution in [0.1, 0.15) is 35.9 Å². The summed E-state index contributed by atoms with van der Waals surface area (Å²) in [6.45, 7) is 3.87. The van der Waals surface area contributed by atoms with E-state index in [4.69, 9.17) is 14.9 Å². The Balaban J connectivity index is 0.00000341. The fourth-order valence-electron chi connectivity index (χ4n) is 3.15. The molecule has 0 unspecified atom stereocenters. The molecule has 4 N–H and O–H groups in total. The van der Waals surface area contributed by atoms with Crippen molar-refractivity contribution in [1.82, 2.24) is 10.2 Å². The van der Waals surface area contributed by atoms with Crippen molar-refractivity contribution in [3.63, 3.8) is 0 Å². The number of nitrogens with one attached hydrogen (secondary N) is 2. The van der Waals surface area contributed by atoms with Gasteiger partial charge in [0.25, 0.3) is 5.91 Å². The quantitative estimate of drug-likeness (QED) is 0.294. The van der Waals surface area contributed by atoms with Gasteiger partial charge in [-0.3, -0.25) is 4.79 Å². The molecule has 1 aliphatic heterocycles.